The summed E-state index contributed by atoms with van der Waals surface area (Å²) in [6, 6.07) is 0.647. The van der Waals surface area contributed by atoms with Crippen molar-refractivity contribution in [1.82, 2.24) is 10.2 Å². The second-order valence-electron chi connectivity index (χ2n) is 7.08. The minimum Gasteiger partial charge on any atom is -0.378 e. The average Bonchev–Trinajstić information content (AvgIpc) is 2.76. The molecule has 2 saturated heterocycles. The lowest BCUT2D eigenvalue weighted by molar-refractivity contribution is -0.133. The Balaban J connectivity index is 1.86. The van der Waals surface area contributed by atoms with E-state index >= 15 is 0 Å². The van der Waals surface area contributed by atoms with E-state index < -0.39 is 0 Å². The van der Waals surface area contributed by atoms with Crippen LogP contribution in [0.1, 0.15) is 46.5 Å². The summed E-state index contributed by atoms with van der Waals surface area (Å²) < 4.78 is 5.42. The maximum Gasteiger partial charge on any atom is 0.224 e. The lowest BCUT2D eigenvalue weighted by Gasteiger charge is -2.32. The summed E-state index contributed by atoms with van der Waals surface area (Å²) in [6.45, 7) is 10.0. The normalized spacial score (nSPS) is 28.7. The third-order valence-corrected chi connectivity index (χ3v) is 3.96. The molecule has 0 aromatic heterocycles. The van der Waals surface area contributed by atoms with Crippen LogP contribution in [0.4, 0.5) is 0 Å². The van der Waals surface area contributed by atoms with Gasteiger partial charge < -0.3 is 15.0 Å². The smallest absolute Gasteiger partial charge is 0.224 e. The minimum absolute atomic E-state index is 0.206. The Morgan fingerprint density at radius 3 is 2.84 bits per heavy atom. The number of ether oxygens (including phenoxy) is 1. The SMILES string of the molecule is CC(C)(C)CC1CCCN1C(=O)CC1COCCN1. The number of amides is 1. The Kier molecular flexibility index (Phi) is 4.85. The first-order valence-corrected chi connectivity index (χ1v) is 7.56. The molecule has 4 heteroatoms. The standard InChI is InChI=1S/C15H28N2O2/c1-15(2,3)10-13-5-4-7-17(13)14(18)9-12-11-19-8-6-16-12/h12-13,16H,4-11H2,1-3H3. The molecule has 0 radical (unpaired) electrons. The van der Waals surface area contributed by atoms with E-state index in [2.05, 4.69) is 31.0 Å². The maximum absolute atomic E-state index is 12.4. The van der Waals surface area contributed by atoms with Crippen LogP contribution in [0.5, 0.6) is 0 Å². The maximum atomic E-state index is 12.4. The molecule has 2 aliphatic rings. The van der Waals surface area contributed by atoms with Gasteiger partial charge in [0.15, 0.2) is 0 Å². The summed E-state index contributed by atoms with van der Waals surface area (Å²) in [5.74, 6) is 0.301. The highest BCUT2D eigenvalue weighted by molar-refractivity contribution is 5.77. The number of carbonyl (C=O) groups is 1. The molecule has 4 nitrogen and oxygen atoms in total. The second kappa shape index (κ2) is 6.23. The van der Waals surface area contributed by atoms with Crippen LogP contribution in [0.3, 0.4) is 0 Å². The number of carbonyl (C=O) groups excluding carboxylic acids is 1. The van der Waals surface area contributed by atoms with E-state index in [4.69, 9.17) is 4.74 Å². The van der Waals surface area contributed by atoms with E-state index in [1.807, 2.05) is 0 Å². The zero-order valence-corrected chi connectivity index (χ0v) is 12.6. The van der Waals surface area contributed by atoms with E-state index in [1.54, 1.807) is 0 Å². The molecular weight excluding hydrogens is 240 g/mol. The van der Waals surface area contributed by atoms with E-state index in [0.29, 0.717) is 30.4 Å². The number of morpholine rings is 1. The van der Waals surface area contributed by atoms with Gasteiger partial charge in [-0.1, -0.05) is 20.8 Å². The second-order valence-corrected chi connectivity index (χ2v) is 7.08. The highest BCUT2D eigenvalue weighted by atomic mass is 16.5. The zero-order valence-electron chi connectivity index (χ0n) is 12.6. The van der Waals surface area contributed by atoms with Crippen molar-refractivity contribution in [3.05, 3.63) is 0 Å². The highest BCUT2D eigenvalue weighted by Crippen LogP contribution is 2.30. The van der Waals surface area contributed by atoms with Gasteiger partial charge in [0.25, 0.3) is 0 Å². The van der Waals surface area contributed by atoms with E-state index in [-0.39, 0.29) is 6.04 Å². The predicted octanol–water partition coefficient (Wildman–Crippen LogP) is 1.79. The molecule has 2 fully saturated rings. The monoisotopic (exact) mass is 268 g/mol. The van der Waals surface area contributed by atoms with Crippen molar-refractivity contribution in [3.8, 4) is 0 Å². The molecule has 2 rings (SSSR count). The fourth-order valence-electron chi connectivity index (χ4n) is 3.16. The molecule has 1 amide bonds. The van der Waals surface area contributed by atoms with Crippen molar-refractivity contribution in [2.75, 3.05) is 26.3 Å². The van der Waals surface area contributed by atoms with Crippen molar-refractivity contribution >= 4 is 5.91 Å². The predicted molar refractivity (Wildman–Crippen MR) is 76.0 cm³/mol. The van der Waals surface area contributed by atoms with Crippen molar-refractivity contribution in [1.29, 1.82) is 0 Å². The molecule has 1 N–H and O–H groups in total. The van der Waals surface area contributed by atoms with Crippen molar-refractivity contribution in [3.63, 3.8) is 0 Å². The summed E-state index contributed by atoms with van der Waals surface area (Å²) in [5, 5.41) is 3.36. The van der Waals surface area contributed by atoms with Crippen LogP contribution in [-0.2, 0) is 9.53 Å². The third kappa shape index (κ3) is 4.46. The van der Waals surface area contributed by atoms with E-state index in [0.717, 1.165) is 39.0 Å². The first-order chi connectivity index (χ1) is 8.96. The molecule has 0 saturated carbocycles. The Morgan fingerprint density at radius 1 is 1.42 bits per heavy atom. The first kappa shape index (κ1) is 14.8. The Labute approximate surface area is 116 Å². The van der Waals surface area contributed by atoms with Gasteiger partial charge in [0.05, 0.1) is 13.2 Å². The molecule has 2 atom stereocenters. The van der Waals surface area contributed by atoms with Gasteiger partial charge in [-0.25, -0.2) is 0 Å². The summed E-state index contributed by atoms with van der Waals surface area (Å²) in [4.78, 5) is 14.6. The quantitative estimate of drug-likeness (QED) is 0.848. The number of hydrogen-bond donors (Lipinski definition) is 1. The Hall–Kier alpha value is -0.610. The van der Waals surface area contributed by atoms with Gasteiger partial charge in [0.1, 0.15) is 0 Å². The molecule has 19 heavy (non-hydrogen) atoms. The summed E-state index contributed by atoms with van der Waals surface area (Å²) in [6.07, 6.45) is 4.01. The molecule has 0 aromatic carbocycles. The number of nitrogens with zero attached hydrogens (tertiary/aromatic N) is 1. The Morgan fingerprint density at radius 2 is 2.21 bits per heavy atom. The highest BCUT2D eigenvalue weighted by Gasteiger charge is 2.32. The van der Waals surface area contributed by atoms with Gasteiger partial charge >= 0.3 is 0 Å². The van der Waals surface area contributed by atoms with Crippen LogP contribution < -0.4 is 5.32 Å². The zero-order chi connectivity index (χ0) is 13.9. The number of nitrogens with one attached hydrogen (secondary N) is 1. The molecular formula is C15H28N2O2. The summed E-state index contributed by atoms with van der Waals surface area (Å²) in [5.41, 5.74) is 0.291. The molecule has 110 valence electrons. The number of rotatable bonds is 3. The van der Waals surface area contributed by atoms with Crippen LogP contribution in [0, 0.1) is 5.41 Å². The largest absolute Gasteiger partial charge is 0.378 e. The minimum atomic E-state index is 0.206. The van der Waals surface area contributed by atoms with Crippen molar-refractivity contribution in [2.24, 2.45) is 5.41 Å². The van der Waals surface area contributed by atoms with Crippen molar-refractivity contribution < 1.29 is 9.53 Å². The molecule has 0 bridgehead atoms. The van der Waals surface area contributed by atoms with Crippen LogP contribution >= 0.6 is 0 Å². The summed E-state index contributed by atoms with van der Waals surface area (Å²) >= 11 is 0. The lowest BCUT2D eigenvalue weighted by atomic mass is 9.87. The number of hydrogen-bond acceptors (Lipinski definition) is 3. The van der Waals surface area contributed by atoms with Crippen LogP contribution in [0.15, 0.2) is 0 Å². The molecule has 0 spiro atoms. The van der Waals surface area contributed by atoms with E-state index in [1.165, 1.54) is 0 Å². The van der Waals surface area contributed by atoms with Gasteiger partial charge in [-0.05, 0) is 24.7 Å². The Bertz CT molecular complexity index is 306. The molecule has 2 heterocycles. The van der Waals surface area contributed by atoms with Gasteiger partial charge in [0.2, 0.25) is 5.91 Å². The first-order valence-electron chi connectivity index (χ1n) is 7.56. The van der Waals surface area contributed by atoms with Gasteiger partial charge in [-0.3, -0.25) is 4.79 Å². The van der Waals surface area contributed by atoms with Gasteiger partial charge in [-0.15, -0.1) is 0 Å². The third-order valence-electron chi connectivity index (χ3n) is 3.96. The summed E-state index contributed by atoms with van der Waals surface area (Å²) in [7, 11) is 0. The molecule has 2 aliphatic heterocycles. The van der Waals surface area contributed by atoms with Gasteiger partial charge in [0, 0.05) is 31.6 Å². The molecule has 0 aromatic rings. The molecule has 0 aliphatic carbocycles. The van der Waals surface area contributed by atoms with Crippen LogP contribution in [0.2, 0.25) is 0 Å². The number of likely N-dealkylation sites (tertiary alicyclic amines) is 1. The molecule has 2 unspecified atom stereocenters. The van der Waals surface area contributed by atoms with E-state index in [9.17, 15) is 4.79 Å². The van der Waals surface area contributed by atoms with Gasteiger partial charge in [-0.2, -0.15) is 0 Å². The fourth-order valence-corrected chi connectivity index (χ4v) is 3.16. The van der Waals surface area contributed by atoms with Crippen LogP contribution in [0.25, 0.3) is 0 Å². The van der Waals surface area contributed by atoms with Crippen LogP contribution in [-0.4, -0.2) is 49.2 Å². The average molecular weight is 268 g/mol. The van der Waals surface area contributed by atoms with Crippen molar-refractivity contribution in [2.45, 2.75) is 58.5 Å². The fraction of sp³-hybridized carbons (Fsp3) is 0.933. The lowest BCUT2D eigenvalue weighted by Crippen LogP contribution is -2.46. The topological polar surface area (TPSA) is 41.6 Å².